The third-order valence-electron chi connectivity index (χ3n) is 4.22. The number of carbonyl (C=O) groups is 2. The number of rotatable bonds is 3. The van der Waals surface area contributed by atoms with Crippen LogP contribution in [0.25, 0.3) is 0 Å². The molecule has 0 bridgehead atoms. The number of nitrogens with zero attached hydrogens (tertiary/aromatic N) is 1. The van der Waals surface area contributed by atoms with Crippen LogP contribution in [0.5, 0.6) is 0 Å². The second-order valence-electron chi connectivity index (χ2n) is 5.66. The Morgan fingerprint density at radius 1 is 1.12 bits per heavy atom. The first kappa shape index (κ1) is 15.5. The van der Waals surface area contributed by atoms with Crippen LogP contribution in [0, 0.1) is 0 Å². The Morgan fingerprint density at radius 2 is 1.88 bits per heavy atom. The number of carbonyl (C=O) groups excluding carboxylic acids is 2. The summed E-state index contributed by atoms with van der Waals surface area (Å²) in [7, 11) is 0. The standard InChI is InChI=1S/C18H14BrNO4/c19-13-5-3-4-12(10-13)16(21)11-20-15-7-2-1-6-14(15)18(17(20)22)23-8-9-24-18/h1-7,10H,8-9,11H2. The number of anilines is 1. The monoisotopic (exact) mass is 387 g/mol. The Kier molecular flexibility index (Phi) is 3.75. The Labute approximate surface area is 147 Å². The molecule has 24 heavy (non-hydrogen) atoms. The van der Waals surface area contributed by atoms with E-state index in [0.29, 0.717) is 30.0 Å². The molecular formula is C18H14BrNO4. The largest absolute Gasteiger partial charge is 0.336 e. The first-order chi connectivity index (χ1) is 11.6. The summed E-state index contributed by atoms with van der Waals surface area (Å²) in [4.78, 5) is 27.0. The number of hydrogen-bond acceptors (Lipinski definition) is 4. The van der Waals surface area contributed by atoms with Gasteiger partial charge in [0.25, 0.3) is 11.7 Å². The molecule has 0 saturated carbocycles. The lowest BCUT2D eigenvalue weighted by molar-refractivity contribution is -0.180. The number of fused-ring (bicyclic) bond motifs is 2. The van der Waals surface area contributed by atoms with Crippen molar-refractivity contribution in [2.24, 2.45) is 0 Å². The molecule has 5 nitrogen and oxygen atoms in total. The van der Waals surface area contributed by atoms with Gasteiger partial charge in [-0.25, -0.2) is 0 Å². The molecule has 0 N–H and O–H groups in total. The number of Topliss-reactive ketones (excluding diaryl/α,β-unsaturated/α-hetero) is 1. The van der Waals surface area contributed by atoms with E-state index in [4.69, 9.17) is 9.47 Å². The van der Waals surface area contributed by atoms with Crippen molar-refractivity contribution in [3.05, 3.63) is 64.1 Å². The molecule has 0 aromatic heterocycles. The molecule has 4 rings (SSSR count). The number of ether oxygens (including phenoxy) is 2. The zero-order chi connectivity index (χ0) is 16.7. The van der Waals surface area contributed by atoms with Gasteiger partial charge in [0.1, 0.15) is 0 Å². The number of amides is 1. The molecule has 2 aliphatic rings. The molecule has 0 unspecified atom stereocenters. The summed E-state index contributed by atoms with van der Waals surface area (Å²) in [5.41, 5.74) is 1.87. The van der Waals surface area contributed by atoms with Gasteiger partial charge in [-0.2, -0.15) is 0 Å². The summed E-state index contributed by atoms with van der Waals surface area (Å²) < 4.78 is 12.1. The third kappa shape index (κ3) is 2.30. The number of ketones is 1. The summed E-state index contributed by atoms with van der Waals surface area (Å²) in [6.45, 7) is 0.655. The van der Waals surface area contributed by atoms with E-state index in [2.05, 4.69) is 15.9 Å². The van der Waals surface area contributed by atoms with E-state index in [1.165, 1.54) is 4.90 Å². The van der Waals surface area contributed by atoms with Crippen LogP contribution in [-0.4, -0.2) is 31.4 Å². The summed E-state index contributed by atoms with van der Waals surface area (Å²) in [6, 6.07) is 14.4. The first-order valence-corrected chi connectivity index (χ1v) is 8.39. The SMILES string of the molecule is O=C(CN1C(=O)C2(OCCO2)c2ccccc21)c1cccc(Br)c1. The smallest absolute Gasteiger partial charge is 0.292 e. The van der Waals surface area contributed by atoms with Crippen LogP contribution in [0.4, 0.5) is 5.69 Å². The molecular weight excluding hydrogens is 374 g/mol. The van der Waals surface area contributed by atoms with Gasteiger partial charge in [0.05, 0.1) is 25.4 Å². The van der Waals surface area contributed by atoms with Gasteiger partial charge in [0.2, 0.25) is 0 Å². The van der Waals surface area contributed by atoms with Gasteiger partial charge in [-0.3, -0.25) is 14.5 Å². The maximum atomic E-state index is 12.9. The van der Waals surface area contributed by atoms with Crippen molar-refractivity contribution in [3.8, 4) is 0 Å². The topological polar surface area (TPSA) is 55.8 Å². The normalized spacial score (nSPS) is 18.2. The van der Waals surface area contributed by atoms with E-state index in [1.54, 1.807) is 24.3 Å². The Bertz CT molecular complexity index is 829. The van der Waals surface area contributed by atoms with Gasteiger partial charge in [0, 0.05) is 15.6 Å². The van der Waals surface area contributed by atoms with Crippen LogP contribution in [0.15, 0.2) is 53.0 Å². The number of para-hydroxylation sites is 1. The zero-order valence-electron chi connectivity index (χ0n) is 12.7. The van der Waals surface area contributed by atoms with Crippen molar-refractivity contribution in [2.75, 3.05) is 24.7 Å². The quantitative estimate of drug-likeness (QED) is 0.759. The minimum Gasteiger partial charge on any atom is -0.336 e. The third-order valence-corrected chi connectivity index (χ3v) is 4.71. The summed E-state index contributed by atoms with van der Waals surface area (Å²) in [5.74, 6) is -1.88. The molecule has 1 amide bonds. The second-order valence-corrected chi connectivity index (χ2v) is 6.57. The Hall–Kier alpha value is -2.02. The number of halogens is 1. The van der Waals surface area contributed by atoms with Crippen LogP contribution in [0.1, 0.15) is 15.9 Å². The van der Waals surface area contributed by atoms with Crippen molar-refractivity contribution < 1.29 is 19.1 Å². The molecule has 2 heterocycles. The molecule has 2 aromatic rings. The van der Waals surface area contributed by atoms with E-state index in [9.17, 15) is 9.59 Å². The summed E-state index contributed by atoms with van der Waals surface area (Å²) >= 11 is 3.36. The van der Waals surface area contributed by atoms with Crippen molar-refractivity contribution in [1.29, 1.82) is 0 Å². The lowest BCUT2D eigenvalue weighted by Crippen LogP contribution is -2.43. The van der Waals surface area contributed by atoms with Crippen LogP contribution in [0.2, 0.25) is 0 Å². The van der Waals surface area contributed by atoms with E-state index in [0.717, 1.165) is 4.47 Å². The van der Waals surface area contributed by atoms with Gasteiger partial charge in [-0.15, -0.1) is 0 Å². The minimum absolute atomic E-state index is 0.0548. The van der Waals surface area contributed by atoms with Gasteiger partial charge in [0.15, 0.2) is 5.78 Å². The molecule has 0 radical (unpaired) electrons. The minimum atomic E-state index is -1.39. The van der Waals surface area contributed by atoms with Crippen molar-refractivity contribution in [2.45, 2.75) is 5.79 Å². The van der Waals surface area contributed by atoms with Crippen LogP contribution in [-0.2, 0) is 20.1 Å². The summed E-state index contributed by atoms with van der Waals surface area (Å²) in [6.07, 6.45) is 0. The van der Waals surface area contributed by atoms with Gasteiger partial charge < -0.3 is 9.47 Å². The second kappa shape index (κ2) is 5.81. The van der Waals surface area contributed by atoms with E-state index in [1.807, 2.05) is 24.3 Å². The van der Waals surface area contributed by atoms with E-state index >= 15 is 0 Å². The van der Waals surface area contributed by atoms with Crippen molar-refractivity contribution in [3.63, 3.8) is 0 Å². The van der Waals surface area contributed by atoms with E-state index < -0.39 is 5.79 Å². The lowest BCUT2D eigenvalue weighted by Gasteiger charge is -2.21. The highest BCUT2D eigenvalue weighted by molar-refractivity contribution is 9.10. The molecule has 122 valence electrons. The highest BCUT2D eigenvalue weighted by atomic mass is 79.9. The highest BCUT2D eigenvalue weighted by Crippen LogP contribution is 2.45. The molecule has 0 aliphatic carbocycles. The Morgan fingerprint density at radius 3 is 2.62 bits per heavy atom. The highest BCUT2D eigenvalue weighted by Gasteiger charge is 2.56. The molecule has 2 aromatic carbocycles. The zero-order valence-corrected chi connectivity index (χ0v) is 14.3. The first-order valence-electron chi connectivity index (χ1n) is 7.60. The molecule has 6 heteroatoms. The van der Waals surface area contributed by atoms with Crippen LogP contribution >= 0.6 is 15.9 Å². The average Bonchev–Trinajstić information content (AvgIpc) is 3.17. The molecule has 1 saturated heterocycles. The van der Waals surface area contributed by atoms with Crippen molar-refractivity contribution in [1.82, 2.24) is 0 Å². The van der Waals surface area contributed by atoms with Gasteiger partial charge >= 0.3 is 0 Å². The average molecular weight is 388 g/mol. The van der Waals surface area contributed by atoms with Crippen LogP contribution in [0.3, 0.4) is 0 Å². The van der Waals surface area contributed by atoms with Crippen molar-refractivity contribution >= 4 is 33.3 Å². The fourth-order valence-corrected chi connectivity index (χ4v) is 3.53. The summed E-state index contributed by atoms with van der Waals surface area (Å²) in [5, 5.41) is 0. The predicted octanol–water partition coefficient (Wildman–Crippen LogP) is 2.88. The Balaban J connectivity index is 1.69. The lowest BCUT2D eigenvalue weighted by atomic mass is 10.1. The predicted molar refractivity (Wildman–Crippen MR) is 90.8 cm³/mol. The van der Waals surface area contributed by atoms with Gasteiger partial charge in [-0.1, -0.05) is 46.3 Å². The number of benzene rings is 2. The maximum Gasteiger partial charge on any atom is 0.292 e. The van der Waals surface area contributed by atoms with Gasteiger partial charge in [-0.05, 0) is 18.2 Å². The molecule has 0 atom stereocenters. The molecule has 1 spiro atoms. The fourth-order valence-electron chi connectivity index (χ4n) is 3.13. The van der Waals surface area contributed by atoms with E-state index in [-0.39, 0.29) is 18.2 Å². The van der Waals surface area contributed by atoms with Crippen LogP contribution < -0.4 is 4.90 Å². The molecule has 1 fully saturated rings. The maximum absolute atomic E-state index is 12.9. The molecule has 2 aliphatic heterocycles. The fraction of sp³-hybridized carbons (Fsp3) is 0.222. The number of hydrogen-bond donors (Lipinski definition) is 0.